The van der Waals surface area contributed by atoms with Crippen molar-refractivity contribution in [3.63, 3.8) is 0 Å². The molecule has 14 heavy (non-hydrogen) atoms. The first-order valence-corrected chi connectivity index (χ1v) is 5.56. The number of rotatable bonds is 3. The molecule has 2 rings (SSSR count). The summed E-state index contributed by atoms with van der Waals surface area (Å²) in [6.45, 7) is 4.36. The van der Waals surface area contributed by atoms with Gasteiger partial charge in [-0.05, 0) is 24.5 Å². The van der Waals surface area contributed by atoms with Gasteiger partial charge in [-0.1, -0.05) is 38.0 Å². The molecule has 1 heterocycles. The molecule has 1 aliphatic rings. The second-order valence-corrected chi connectivity index (χ2v) is 4.15. The van der Waals surface area contributed by atoms with Crippen LogP contribution in [0.5, 0.6) is 5.75 Å². The Bertz CT molecular complexity index is 317. The van der Waals surface area contributed by atoms with Crippen molar-refractivity contribution in [1.29, 1.82) is 0 Å². The number of fused-ring (bicyclic) bond motifs is 1. The molecule has 0 radical (unpaired) electrons. The van der Waals surface area contributed by atoms with Gasteiger partial charge in [-0.25, -0.2) is 0 Å². The Morgan fingerprint density at radius 3 is 3.00 bits per heavy atom. The van der Waals surface area contributed by atoms with Gasteiger partial charge in [-0.15, -0.1) is 0 Å². The third kappa shape index (κ3) is 1.77. The molecular formula is C13H18O. The van der Waals surface area contributed by atoms with E-state index in [0.717, 1.165) is 12.2 Å². The number of hydrogen-bond acceptors (Lipinski definition) is 1. The summed E-state index contributed by atoms with van der Waals surface area (Å²) in [6.07, 6.45) is 5.28. The Labute approximate surface area is 86.1 Å². The van der Waals surface area contributed by atoms with Crippen LogP contribution in [0.25, 0.3) is 0 Å². The number of ether oxygens (including phenoxy) is 1. The number of hydrogen-bond donors (Lipinski definition) is 0. The Morgan fingerprint density at radius 1 is 1.43 bits per heavy atom. The first-order valence-electron chi connectivity index (χ1n) is 5.56. The molecule has 1 aromatic rings. The van der Waals surface area contributed by atoms with Crippen molar-refractivity contribution in [3.8, 4) is 5.75 Å². The first-order chi connectivity index (χ1) is 6.81. The lowest BCUT2D eigenvalue weighted by Gasteiger charge is -2.10. The summed E-state index contributed by atoms with van der Waals surface area (Å²) in [5, 5.41) is 0. The lowest BCUT2D eigenvalue weighted by atomic mass is 10.0. The van der Waals surface area contributed by atoms with Gasteiger partial charge in [0.2, 0.25) is 0 Å². The largest absolute Gasteiger partial charge is 0.490 e. The summed E-state index contributed by atoms with van der Waals surface area (Å²) in [6, 6.07) is 6.44. The maximum Gasteiger partial charge on any atom is 0.125 e. The standard InChI is InChI=1S/C13H18O/c1-3-4-8-12-9-11-7-5-6-10(2)13(11)14-12/h5-7,12H,3-4,8-9H2,1-2H3. The molecule has 0 aromatic heterocycles. The molecule has 0 aliphatic carbocycles. The van der Waals surface area contributed by atoms with E-state index < -0.39 is 0 Å². The summed E-state index contributed by atoms with van der Waals surface area (Å²) >= 11 is 0. The quantitative estimate of drug-likeness (QED) is 0.709. The number of benzene rings is 1. The van der Waals surface area contributed by atoms with Gasteiger partial charge in [0.1, 0.15) is 11.9 Å². The molecule has 0 bridgehead atoms. The average Bonchev–Trinajstić information content (AvgIpc) is 2.59. The number of aryl methyl sites for hydroxylation is 1. The van der Waals surface area contributed by atoms with E-state index in [1.165, 1.54) is 30.4 Å². The lowest BCUT2D eigenvalue weighted by molar-refractivity contribution is 0.216. The fraction of sp³-hybridized carbons (Fsp3) is 0.538. The van der Waals surface area contributed by atoms with E-state index in [1.807, 2.05) is 0 Å². The Morgan fingerprint density at radius 2 is 2.29 bits per heavy atom. The van der Waals surface area contributed by atoms with E-state index in [-0.39, 0.29) is 0 Å². The highest BCUT2D eigenvalue weighted by Crippen LogP contribution is 2.33. The highest BCUT2D eigenvalue weighted by atomic mass is 16.5. The van der Waals surface area contributed by atoms with Crippen LogP contribution >= 0.6 is 0 Å². The van der Waals surface area contributed by atoms with Gasteiger partial charge in [0, 0.05) is 6.42 Å². The summed E-state index contributed by atoms with van der Waals surface area (Å²) in [5.41, 5.74) is 2.67. The summed E-state index contributed by atoms with van der Waals surface area (Å²) in [7, 11) is 0. The fourth-order valence-electron chi connectivity index (χ4n) is 2.09. The highest BCUT2D eigenvalue weighted by molar-refractivity contribution is 5.43. The Balaban J connectivity index is 2.06. The predicted molar refractivity (Wildman–Crippen MR) is 58.8 cm³/mol. The van der Waals surface area contributed by atoms with Gasteiger partial charge in [0.05, 0.1) is 0 Å². The van der Waals surface area contributed by atoms with E-state index >= 15 is 0 Å². The first kappa shape index (κ1) is 9.57. The Kier molecular flexibility index (Phi) is 2.76. The SMILES string of the molecule is CCCCC1Cc2cccc(C)c2O1. The average molecular weight is 190 g/mol. The van der Waals surface area contributed by atoms with Gasteiger partial charge in [-0.3, -0.25) is 0 Å². The van der Waals surface area contributed by atoms with Crippen molar-refractivity contribution in [2.24, 2.45) is 0 Å². The third-order valence-corrected chi connectivity index (χ3v) is 2.91. The van der Waals surface area contributed by atoms with E-state index in [4.69, 9.17) is 4.74 Å². The van der Waals surface area contributed by atoms with Crippen LogP contribution in [-0.2, 0) is 6.42 Å². The van der Waals surface area contributed by atoms with Crippen molar-refractivity contribution in [1.82, 2.24) is 0 Å². The zero-order chi connectivity index (χ0) is 9.97. The molecule has 0 amide bonds. The van der Waals surface area contributed by atoms with Crippen molar-refractivity contribution in [2.75, 3.05) is 0 Å². The Hall–Kier alpha value is -0.980. The molecular weight excluding hydrogens is 172 g/mol. The van der Waals surface area contributed by atoms with Crippen molar-refractivity contribution in [3.05, 3.63) is 29.3 Å². The van der Waals surface area contributed by atoms with Crippen LogP contribution < -0.4 is 4.74 Å². The van der Waals surface area contributed by atoms with Gasteiger partial charge in [-0.2, -0.15) is 0 Å². The van der Waals surface area contributed by atoms with Crippen LogP contribution in [0, 0.1) is 6.92 Å². The summed E-state index contributed by atoms with van der Waals surface area (Å²) < 4.78 is 5.94. The molecule has 0 saturated heterocycles. The van der Waals surface area contributed by atoms with E-state index in [9.17, 15) is 0 Å². The van der Waals surface area contributed by atoms with Crippen molar-refractivity contribution in [2.45, 2.75) is 45.6 Å². The van der Waals surface area contributed by atoms with E-state index in [2.05, 4.69) is 32.0 Å². The third-order valence-electron chi connectivity index (χ3n) is 2.91. The van der Waals surface area contributed by atoms with Gasteiger partial charge >= 0.3 is 0 Å². The fourth-order valence-corrected chi connectivity index (χ4v) is 2.09. The molecule has 1 nitrogen and oxygen atoms in total. The summed E-state index contributed by atoms with van der Waals surface area (Å²) in [4.78, 5) is 0. The van der Waals surface area contributed by atoms with Gasteiger partial charge < -0.3 is 4.74 Å². The van der Waals surface area contributed by atoms with Crippen LogP contribution in [0.3, 0.4) is 0 Å². The monoisotopic (exact) mass is 190 g/mol. The topological polar surface area (TPSA) is 9.23 Å². The van der Waals surface area contributed by atoms with Crippen LogP contribution in [0.4, 0.5) is 0 Å². The maximum atomic E-state index is 5.94. The van der Waals surface area contributed by atoms with E-state index in [1.54, 1.807) is 0 Å². The van der Waals surface area contributed by atoms with Crippen molar-refractivity contribution >= 4 is 0 Å². The zero-order valence-electron chi connectivity index (χ0n) is 9.05. The second kappa shape index (κ2) is 4.04. The molecule has 0 fully saturated rings. The molecule has 1 unspecified atom stereocenters. The predicted octanol–water partition coefficient (Wildman–Crippen LogP) is 3.49. The van der Waals surface area contributed by atoms with Crippen LogP contribution in [0.15, 0.2) is 18.2 Å². The molecule has 0 N–H and O–H groups in total. The van der Waals surface area contributed by atoms with Gasteiger partial charge in [0.25, 0.3) is 0 Å². The van der Waals surface area contributed by atoms with Crippen LogP contribution in [0.1, 0.15) is 37.3 Å². The minimum absolute atomic E-state index is 0.436. The minimum atomic E-state index is 0.436. The molecule has 1 aliphatic heterocycles. The highest BCUT2D eigenvalue weighted by Gasteiger charge is 2.22. The number of unbranched alkanes of at least 4 members (excludes halogenated alkanes) is 1. The zero-order valence-corrected chi connectivity index (χ0v) is 9.05. The van der Waals surface area contributed by atoms with Crippen LogP contribution in [0.2, 0.25) is 0 Å². The molecule has 1 aromatic carbocycles. The van der Waals surface area contributed by atoms with E-state index in [0.29, 0.717) is 6.10 Å². The normalized spacial score (nSPS) is 19.1. The minimum Gasteiger partial charge on any atom is -0.490 e. The summed E-state index contributed by atoms with van der Waals surface area (Å²) in [5.74, 6) is 1.15. The van der Waals surface area contributed by atoms with Crippen molar-refractivity contribution < 1.29 is 4.74 Å². The van der Waals surface area contributed by atoms with Gasteiger partial charge in [0.15, 0.2) is 0 Å². The molecule has 1 atom stereocenters. The molecule has 0 saturated carbocycles. The maximum absolute atomic E-state index is 5.94. The lowest BCUT2D eigenvalue weighted by Crippen LogP contribution is -2.12. The second-order valence-electron chi connectivity index (χ2n) is 4.15. The smallest absolute Gasteiger partial charge is 0.125 e. The molecule has 1 heteroatoms. The number of para-hydroxylation sites is 1. The molecule has 76 valence electrons. The molecule has 0 spiro atoms. The van der Waals surface area contributed by atoms with Crippen LogP contribution in [-0.4, -0.2) is 6.10 Å².